The summed E-state index contributed by atoms with van der Waals surface area (Å²) >= 11 is 0. The van der Waals surface area contributed by atoms with E-state index in [-0.39, 0.29) is 6.10 Å². The van der Waals surface area contributed by atoms with E-state index in [1.807, 2.05) is 19.9 Å². The molecule has 18 heavy (non-hydrogen) atoms. The van der Waals surface area contributed by atoms with Gasteiger partial charge in [-0.2, -0.15) is 4.98 Å². The first-order valence-corrected chi connectivity index (χ1v) is 6.62. The first-order valence-electron chi connectivity index (χ1n) is 6.62. The molecule has 5 heteroatoms. The van der Waals surface area contributed by atoms with Crippen LogP contribution in [0, 0.1) is 6.92 Å². The third-order valence-electron chi connectivity index (χ3n) is 2.88. The summed E-state index contributed by atoms with van der Waals surface area (Å²) in [6.45, 7) is 6.12. The lowest BCUT2D eigenvalue weighted by atomic mass is 10.1. The summed E-state index contributed by atoms with van der Waals surface area (Å²) in [7, 11) is 0. The molecule has 0 spiro atoms. The topological polar surface area (TPSA) is 56.3 Å². The number of rotatable bonds is 5. The van der Waals surface area contributed by atoms with Crippen molar-refractivity contribution in [3.05, 3.63) is 11.8 Å². The molecule has 1 saturated heterocycles. The fraction of sp³-hybridized carbons (Fsp3) is 0.692. The SMILES string of the molecule is CCOc1cc(C)nc(NCC2CCCCO2)n1. The summed E-state index contributed by atoms with van der Waals surface area (Å²) in [4.78, 5) is 8.65. The molecule has 1 N–H and O–H groups in total. The van der Waals surface area contributed by atoms with Crippen molar-refractivity contribution in [1.29, 1.82) is 0 Å². The number of aryl methyl sites for hydroxylation is 1. The van der Waals surface area contributed by atoms with Crippen molar-refractivity contribution in [3.63, 3.8) is 0 Å². The van der Waals surface area contributed by atoms with Crippen molar-refractivity contribution in [2.75, 3.05) is 25.1 Å². The van der Waals surface area contributed by atoms with Gasteiger partial charge in [0.1, 0.15) is 0 Å². The van der Waals surface area contributed by atoms with Crippen molar-refractivity contribution in [1.82, 2.24) is 9.97 Å². The van der Waals surface area contributed by atoms with Crippen LogP contribution in [0.15, 0.2) is 6.07 Å². The van der Waals surface area contributed by atoms with Gasteiger partial charge in [0.2, 0.25) is 11.8 Å². The Balaban J connectivity index is 1.91. The molecule has 0 bridgehead atoms. The monoisotopic (exact) mass is 251 g/mol. The number of nitrogens with one attached hydrogen (secondary N) is 1. The largest absolute Gasteiger partial charge is 0.478 e. The number of hydrogen-bond donors (Lipinski definition) is 1. The summed E-state index contributed by atoms with van der Waals surface area (Å²) in [5.41, 5.74) is 0.903. The Morgan fingerprint density at radius 1 is 1.44 bits per heavy atom. The molecule has 0 aliphatic carbocycles. The lowest BCUT2D eigenvalue weighted by Crippen LogP contribution is -2.27. The number of anilines is 1. The average Bonchev–Trinajstić information content (AvgIpc) is 2.37. The number of aromatic nitrogens is 2. The van der Waals surface area contributed by atoms with Gasteiger partial charge in [0.25, 0.3) is 0 Å². The predicted octanol–water partition coefficient (Wildman–Crippen LogP) is 2.16. The second-order valence-electron chi connectivity index (χ2n) is 4.47. The van der Waals surface area contributed by atoms with Gasteiger partial charge in [0.15, 0.2) is 0 Å². The van der Waals surface area contributed by atoms with Crippen LogP contribution in [0.4, 0.5) is 5.95 Å². The van der Waals surface area contributed by atoms with E-state index in [2.05, 4.69) is 15.3 Å². The molecule has 1 aliphatic heterocycles. The third kappa shape index (κ3) is 3.84. The van der Waals surface area contributed by atoms with Gasteiger partial charge >= 0.3 is 0 Å². The Morgan fingerprint density at radius 3 is 3.06 bits per heavy atom. The molecule has 0 radical (unpaired) electrons. The third-order valence-corrected chi connectivity index (χ3v) is 2.88. The Bertz CT molecular complexity index is 378. The number of nitrogens with zero attached hydrogens (tertiary/aromatic N) is 2. The predicted molar refractivity (Wildman–Crippen MR) is 70.0 cm³/mol. The van der Waals surface area contributed by atoms with Crippen molar-refractivity contribution in [2.45, 2.75) is 39.2 Å². The highest BCUT2D eigenvalue weighted by molar-refractivity contribution is 5.30. The van der Waals surface area contributed by atoms with Crippen LogP contribution in [-0.4, -0.2) is 35.8 Å². The van der Waals surface area contributed by atoms with E-state index in [1.165, 1.54) is 12.8 Å². The molecule has 0 saturated carbocycles. The van der Waals surface area contributed by atoms with E-state index in [4.69, 9.17) is 9.47 Å². The van der Waals surface area contributed by atoms with Crippen LogP contribution in [0.3, 0.4) is 0 Å². The standard InChI is InChI=1S/C13H21N3O2/c1-3-17-12-8-10(2)15-13(16-12)14-9-11-6-4-5-7-18-11/h8,11H,3-7,9H2,1-2H3,(H,14,15,16). The summed E-state index contributed by atoms with van der Waals surface area (Å²) in [5.74, 6) is 1.24. The molecular weight excluding hydrogens is 230 g/mol. The van der Waals surface area contributed by atoms with Gasteiger partial charge in [0.05, 0.1) is 12.7 Å². The van der Waals surface area contributed by atoms with Crippen LogP contribution in [0.1, 0.15) is 31.9 Å². The molecule has 0 aromatic carbocycles. The lowest BCUT2D eigenvalue weighted by Gasteiger charge is -2.22. The van der Waals surface area contributed by atoms with Crippen molar-refractivity contribution < 1.29 is 9.47 Å². The second kappa shape index (κ2) is 6.54. The maximum absolute atomic E-state index is 5.66. The molecule has 5 nitrogen and oxygen atoms in total. The average molecular weight is 251 g/mol. The molecule has 1 aromatic heterocycles. The Morgan fingerprint density at radius 2 is 2.33 bits per heavy atom. The van der Waals surface area contributed by atoms with E-state index in [0.29, 0.717) is 18.4 Å². The van der Waals surface area contributed by atoms with E-state index in [1.54, 1.807) is 0 Å². The van der Waals surface area contributed by atoms with Gasteiger partial charge in [-0.25, -0.2) is 4.98 Å². The minimum absolute atomic E-state index is 0.276. The molecule has 1 fully saturated rings. The minimum Gasteiger partial charge on any atom is -0.478 e. The molecule has 2 heterocycles. The quantitative estimate of drug-likeness (QED) is 0.869. The molecule has 100 valence electrons. The van der Waals surface area contributed by atoms with E-state index in [0.717, 1.165) is 25.3 Å². The van der Waals surface area contributed by atoms with E-state index >= 15 is 0 Å². The normalized spacial score (nSPS) is 19.6. The van der Waals surface area contributed by atoms with E-state index < -0.39 is 0 Å². The van der Waals surface area contributed by atoms with E-state index in [9.17, 15) is 0 Å². The van der Waals surface area contributed by atoms with Gasteiger partial charge < -0.3 is 14.8 Å². The summed E-state index contributed by atoms with van der Waals surface area (Å²) in [6, 6.07) is 1.84. The highest BCUT2D eigenvalue weighted by Crippen LogP contribution is 2.15. The van der Waals surface area contributed by atoms with Gasteiger partial charge in [-0.05, 0) is 33.1 Å². The maximum atomic E-state index is 5.66. The Kier molecular flexibility index (Phi) is 4.75. The molecular formula is C13H21N3O2. The molecule has 0 amide bonds. The van der Waals surface area contributed by atoms with Gasteiger partial charge in [-0.1, -0.05) is 0 Å². The first-order chi connectivity index (χ1) is 8.78. The highest BCUT2D eigenvalue weighted by Gasteiger charge is 2.14. The van der Waals surface area contributed by atoms with Crippen LogP contribution in [0.25, 0.3) is 0 Å². The zero-order valence-electron chi connectivity index (χ0n) is 11.1. The Labute approximate surface area is 108 Å². The van der Waals surface area contributed by atoms with Gasteiger partial charge in [-0.15, -0.1) is 0 Å². The summed E-state index contributed by atoms with van der Waals surface area (Å²) < 4.78 is 11.1. The zero-order valence-corrected chi connectivity index (χ0v) is 11.1. The summed E-state index contributed by atoms with van der Waals surface area (Å²) in [5, 5.41) is 3.23. The van der Waals surface area contributed by atoms with Crippen LogP contribution in [0.2, 0.25) is 0 Å². The molecule has 2 rings (SSSR count). The van der Waals surface area contributed by atoms with Crippen molar-refractivity contribution >= 4 is 5.95 Å². The smallest absolute Gasteiger partial charge is 0.226 e. The maximum Gasteiger partial charge on any atom is 0.226 e. The fourth-order valence-corrected chi connectivity index (χ4v) is 2.01. The van der Waals surface area contributed by atoms with Crippen LogP contribution in [-0.2, 0) is 4.74 Å². The first kappa shape index (κ1) is 13.1. The van der Waals surface area contributed by atoms with Crippen LogP contribution in [0.5, 0.6) is 5.88 Å². The van der Waals surface area contributed by atoms with Gasteiger partial charge in [0, 0.05) is 24.9 Å². The Hall–Kier alpha value is -1.36. The minimum atomic E-state index is 0.276. The highest BCUT2D eigenvalue weighted by atomic mass is 16.5. The number of ether oxygens (including phenoxy) is 2. The van der Waals surface area contributed by atoms with Crippen LogP contribution >= 0.6 is 0 Å². The van der Waals surface area contributed by atoms with Crippen molar-refractivity contribution in [2.24, 2.45) is 0 Å². The fourth-order valence-electron chi connectivity index (χ4n) is 2.01. The van der Waals surface area contributed by atoms with Crippen molar-refractivity contribution in [3.8, 4) is 5.88 Å². The second-order valence-corrected chi connectivity index (χ2v) is 4.47. The molecule has 1 unspecified atom stereocenters. The summed E-state index contributed by atoms with van der Waals surface area (Å²) in [6.07, 6.45) is 3.80. The molecule has 1 aromatic rings. The molecule has 1 aliphatic rings. The van der Waals surface area contributed by atoms with Gasteiger partial charge in [-0.3, -0.25) is 0 Å². The lowest BCUT2D eigenvalue weighted by molar-refractivity contribution is 0.0246. The van der Waals surface area contributed by atoms with Crippen LogP contribution < -0.4 is 10.1 Å². The number of hydrogen-bond acceptors (Lipinski definition) is 5. The zero-order chi connectivity index (χ0) is 12.8. The molecule has 1 atom stereocenters.